The van der Waals surface area contributed by atoms with E-state index < -0.39 is 0 Å². The highest BCUT2D eigenvalue weighted by atomic mass is 32.1. The maximum Gasteiger partial charge on any atom is 0.0871 e. The van der Waals surface area contributed by atoms with Gasteiger partial charge in [0.2, 0.25) is 0 Å². The molecule has 0 bridgehead atoms. The minimum absolute atomic E-state index is 0.997. The van der Waals surface area contributed by atoms with Crippen molar-refractivity contribution in [2.75, 3.05) is 0 Å². The van der Waals surface area contributed by atoms with Gasteiger partial charge >= 0.3 is 0 Å². The summed E-state index contributed by atoms with van der Waals surface area (Å²) in [5.41, 5.74) is 10.5. The summed E-state index contributed by atoms with van der Waals surface area (Å²) < 4.78 is 7.42. The smallest absolute Gasteiger partial charge is 0.0871 e. The lowest BCUT2D eigenvalue weighted by Gasteiger charge is -2.10. The van der Waals surface area contributed by atoms with Gasteiger partial charge in [-0.3, -0.25) is 4.98 Å². The van der Waals surface area contributed by atoms with Crippen molar-refractivity contribution in [1.82, 2.24) is 14.0 Å². The van der Waals surface area contributed by atoms with E-state index in [0.29, 0.717) is 0 Å². The normalized spacial score (nSPS) is 12.2. The third-order valence-electron chi connectivity index (χ3n) is 8.95. The minimum Gasteiger partial charge on any atom is -0.309 e. The van der Waals surface area contributed by atoms with Gasteiger partial charge in [-0.1, -0.05) is 78.9 Å². The van der Waals surface area contributed by atoms with Crippen LogP contribution >= 0.6 is 11.3 Å². The van der Waals surface area contributed by atoms with E-state index in [2.05, 4.69) is 136 Å². The number of nitrogens with zero attached hydrogens (tertiary/aromatic N) is 3. The van der Waals surface area contributed by atoms with Gasteiger partial charge < -0.3 is 8.97 Å². The summed E-state index contributed by atoms with van der Waals surface area (Å²) in [6, 6.07) is 48.4. The highest BCUT2D eigenvalue weighted by Crippen LogP contribution is 2.41. The first kappa shape index (κ1) is 23.1. The van der Waals surface area contributed by atoms with Crippen molar-refractivity contribution in [3.8, 4) is 16.8 Å². The predicted molar refractivity (Wildman–Crippen MR) is 183 cm³/mol. The molecule has 0 aliphatic rings. The quantitative estimate of drug-likeness (QED) is 0.204. The predicted octanol–water partition coefficient (Wildman–Crippen LogP) is 10.8. The van der Waals surface area contributed by atoms with Crippen molar-refractivity contribution in [1.29, 1.82) is 0 Å². The Hall–Kier alpha value is -5.45. The fraction of sp³-hybridized carbons (Fsp3) is 0. The van der Waals surface area contributed by atoms with Crippen molar-refractivity contribution in [3.05, 3.63) is 140 Å². The van der Waals surface area contributed by atoms with Crippen LogP contribution in [0.4, 0.5) is 0 Å². The van der Waals surface area contributed by atoms with Crippen LogP contribution in [0.15, 0.2) is 140 Å². The lowest BCUT2D eigenvalue weighted by molar-refractivity contribution is 1.18. The number of hydrogen-bond donors (Lipinski definition) is 0. The number of rotatable bonds is 2. The summed E-state index contributed by atoms with van der Waals surface area (Å²) in [6.45, 7) is 0. The molecule has 10 aromatic rings. The molecule has 43 heavy (non-hydrogen) atoms. The highest BCUT2D eigenvalue weighted by Gasteiger charge is 2.18. The molecular formula is C39H23N3S. The molecule has 4 aromatic heterocycles. The molecule has 6 aromatic carbocycles. The Balaban J connectivity index is 1.21. The molecule has 0 spiro atoms. The van der Waals surface area contributed by atoms with Crippen LogP contribution in [-0.2, 0) is 0 Å². The van der Waals surface area contributed by atoms with E-state index in [1.807, 2.05) is 23.6 Å². The number of benzene rings is 6. The Bertz CT molecular complexity index is 2720. The molecule has 0 amide bonds. The third-order valence-corrected chi connectivity index (χ3v) is 10.1. The van der Waals surface area contributed by atoms with Gasteiger partial charge in [-0.15, -0.1) is 11.3 Å². The first-order valence-electron chi connectivity index (χ1n) is 14.6. The highest BCUT2D eigenvalue weighted by molar-refractivity contribution is 7.25. The van der Waals surface area contributed by atoms with Gasteiger partial charge in [-0.2, -0.15) is 0 Å². The Morgan fingerprint density at radius 2 is 1.16 bits per heavy atom. The summed E-state index contributed by atoms with van der Waals surface area (Å²) in [5, 5.41) is 6.47. The lowest BCUT2D eigenvalue weighted by atomic mass is 10.0. The second-order valence-electron chi connectivity index (χ2n) is 11.2. The van der Waals surface area contributed by atoms with Crippen molar-refractivity contribution in [2.24, 2.45) is 0 Å². The van der Waals surface area contributed by atoms with Gasteiger partial charge in [-0.25, -0.2) is 0 Å². The van der Waals surface area contributed by atoms with Crippen molar-refractivity contribution in [2.45, 2.75) is 0 Å². The standard InChI is InChI=1S/C39H23N3S/c1-5-13-32-26(9-1)29-21-30-27-10-3-8-16-37(27)43-38(30)22-35(29)41(32)25-19-17-24(18-20-25)39-28-11-2-6-14-33(28)42-34-15-7-4-12-31(34)40-23-36(39)42/h1-23H. The molecular weight excluding hydrogens is 543 g/mol. The summed E-state index contributed by atoms with van der Waals surface area (Å²) in [5.74, 6) is 0. The Morgan fingerprint density at radius 1 is 0.465 bits per heavy atom. The largest absolute Gasteiger partial charge is 0.309 e. The van der Waals surface area contributed by atoms with Crippen LogP contribution in [0.1, 0.15) is 0 Å². The minimum atomic E-state index is 0.997. The van der Waals surface area contributed by atoms with Crippen LogP contribution in [0, 0.1) is 0 Å². The monoisotopic (exact) mass is 565 g/mol. The van der Waals surface area contributed by atoms with E-state index in [-0.39, 0.29) is 0 Å². The SMILES string of the molecule is c1ccc2c(c1)ncc1c(-c3ccc(-n4c5ccccc5c5cc6c(cc54)sc4ccccc46)cc3)c3ccccc3n12. The first-order valence-corrected chi connectivity index (χ1v) is 15.4. The first-order chi connectivity index (χ1) is 21.3. The summed E-state index contributed by atoms with van der Waals surface area (Å²) >= 11 is 1.87. The second-order valence-corrected chi connectivity index (χ2v) is 12.3. The average Bonchev–Trinajstić information content (AvgIpc) is 3.71. The summed E-state index contributed by atoms with van der Waals surface area (Å²) in [4.78, 5) is 4.83. The molecule has 0 aliphatic heterocycles. The van der Waals surface area contributed by atoms with E-state index in [9.17, 15) is 0 Å². The molecule has 0 saturated carbocycles. The molecule has 10 rings (SSSR count). The van der Waals surface area contributed by atoms with E-state index in [4.69, 9.17) is 4.98 Å². The van der Waals surface area contributed by atoms with E-state index in [1.165, 1.54) is 64.0 Å². The lowest BCUT2D eigenvalue weighted by Crippen LogP contribution is -1.94. The van der Waals surface area contributed by atoms with Crippen molar-refractivity contribution < 1.29 is 0 Å². The van der Waals surface area contributed by atoms with Gasteiger partial charge in [0.1, 0.15) is 0 Å². The van der Waals surface area contributed by atoms with Gasteiger partial charge in [0.05, 0.1) is 39.3 Å². The Kier molecular flexibility index (Phi) is 4.60. The van der Waals surface area contributed by atoms with Crippen LogP contribution in [0.5, 0.6) is 0 Å². The molecule has 0 atom stereocenters. The van der Waals surface area contributed by atoms with Crippen LogP contribution in [0.25, 0.3) is 86.2 Å². The summed E-state index contributed by atoms with van der Waals surface area (Å²) in [7, 11) is 0. The molecule has 3 nitrogen and oxygen atoms in total. The molecule has 0 fully saturated rings. The molecule has 4 heteroatoms. The number of para-hydroxylation sites is 4. The van der Waals surface area contributed by atoms with Crippen LogP contribution in [0.3, 0.4) is 0 Å². The Morgan fingerprint density at radius 3 is 2.02 bits per heavy atom. The van der Waals surface area contributed by atoms with Crippen LogP contribution in [0.2, 0.25) is 0 Å². The van der Waals surface area contributed by atoms with Crippen molar-refractivity contribution in [3.63, 3.8) is 0 Å². The fourth-order valence-corrected chi connectivity index (χ4v) is 8.20. The van der Waals surface area contributed by atoms with Gasteiger partial charge in [-0.05, 0) is 60.2 Å². The second kappa shape index (κ2) is 8.54. The van der Waals surface area contributed by atoms with E-state index in [1.54, 1.807) is 0 Å². The number of hydrogen-bond acceptors (Lipinski definition) is 2. The van der Waals surface area contributed by atoms with E-state index in [0.717, 1.165) is 22.2 Å². The number of aromatic nitrogens is 3. The van der Waals surface area contributed by atoms with E-state index >= 15 is 0 Å². The zero-order chi connectivity index (χ0) is 28.1. The number of fused-ring (bicyclic) bond motifs is 11. The number of thiophene rings is 1. The summed E-state index contributed by atoms with van der Waals surface area (Å²) in [6.07, 6.45) is 2.02. The van der Waals surface area contributed by atoms with Crippen molar-refractivity contribution >= 4 is 80.8 Å². The maximum atomic E-state index is 4.83. The third kappa shape index (κ3) is 3.16. The maximum absolute atomic E-state index is 4.83. The van der Waals surface area contributed by atoms with Gasteiger partial charge in [0.15, 0.2) is 0 Å². The average molecular weight is 566 g/mol. The zero-order valence-electron chi connectivity index (χ0n) is 23.0. The molecule has 0 unspecified atom stereocenters. The van der Waals surface area contributed by atoms with Crippen LogP contribution < -0.4 is 0 Å². The molecule has 200 valence electrons. The topological polar surface area (TPSA) is 22.2 Å². The van der Waals surface area contributed by atoms with Gasteiger partial charge in [0, 0.05) is 47.6 Å². The van der Waals surface area contributed by atoms with Crippen LogP contribution in [-0.4, -0.2) is 14.0 Å². The molecule has 0 radical (unpaired) electrons. The van der Waals surface area contributed by atoms with Gasteiger partial charge in [0.25, 0.3) is 0 Å². The Labute approximate surface area is 250 Å². The zero-order valence-corrected chi connectivity index (χ0v) is 23.8. The molecule has 4 heterocycles. The molecule has 0 aliphatic carbocycles. The fourth-order valence-electron chi connectivity index (χ4n) is 7.08. The molecule has 0 N–H and O–H groups in total. The molecule has 0 saturated heterocycles.